The second kappa shape index (κ2) is 5.37. The van der Waals surface area contributed by atoms with Crippen LogP contribution >= 0.6 is 0 Å². The second-order valence-electron chi connectivity index (χ2n) is 4.01. The molecule has 0 aliphatic carbocycles. The number of rotatable bonds is 4. The molecule has 1 aromatic carbocycles. The molecule has 110 valence electrons. The minimum atomic E-state index is -4.60. The van der Waals surface area contributed by atoms with Crippen LogP contribution in [-0.2, 0) is 9.03 Å². The smallest absolute Gasteiger partial charge is 0.444 e. The molecular weight excluding hydrogens is 292 g/mol. The zero-order chi connectivity index (χ0) is 14.9. The summed E-state index contributed by atoms with van der Waals surface area (Å²) in [7, 11) is -1.61. The first-order valence-corrected chi connectivity index (χ1v) is 6.82. The second-order valence-corrected chi connectivity index (χ2v) is 4.92. The van der Waals surface area contributed by atoms with E-state index >= 15 is 0 Å². The third kappa shape index (κ3) is 3.07. The molecule has 1 atom stereocenters. The molecule has 0 bridgehead atoms. The standard InChI is InChI=1S/C12H13ClO7/c1-7-9-6-11(18-3)10(17-2)4-8(9)5-12(19-7)20-13(14,15)16/h4-7H,1-3H3. The van der Waals surface area contributed by atoms with Crippen molar-refractivity contribution in [1.82, 2.24) is 0 Å². The van der Waals surface area contributed by atoms with Crippen molar-refractivity contribution in [2.75, 3.05) is 14.2 Å². The highest BCUT2D eigenvalue weighted by Gasteiger charge is 2.31. The largest absolute Gasteiger partial charge is 0.493 e. The van der Waals surface area contributed by atoms with Crippen LogP contribution in [0.25, 0.3) is 6.08 Å². The van der Waals surface area contributed by atoms with Gasteiger partial charge in [-0.25, -0.2) is 0 Å². The fraction of sp³-hybridized carbons (Fsp3) is 0.333. The van der Waals surface area contributed by atoms with Crippen LogP contribution < -0.4 is 23.5 Å². The number of halogens is 1. The van der Waals surface area contributed by atoms with Crippen LogP contribution in [0.15, 0.2) is 18.1 Å². The lowest BCUT2D eigenvalue weighted by molar-refractivity contribution is -1.92. The third-order valence-electron chi connectivity index (χ3n) is 2.76. The van der Waals surface area contributed by atoms with Gasteiger partial charge in [-0.1, -0.05) is 0 Å². The average Bonchev–Trinajstić information content (AvgIpc) is 2.35. The SMILES string of the molecule is COc1cc2c(cc1OC)C(C)OC(O[Cl+3]([O-])([O-])[O-])=C2. The summed E-state index contributed by atoms with van der Waals surface area (Å²) in [5.74, 6) is 0.612. The van der Waals surface area contributed by atoms with E-state index in [2.05, 4.69) is 4.29 Å². The Hall–Kier alpha value is -1.67. The molecule has 1 aromatic rings. The van der Waals surface area contributed by atoms with Gasteiger partial charge in [0.1, 0.15) is 16.3 Å². The van der Waals surface area contributed by atoms with Gasteiger partial charge < -0.3 is 14.2 Å². The Balaban J connectivity index is 2.43. The summed E-state index contributed by atoms with van der Waals surface area (Å²) in [6.07, 6.45) is 0.807. The fourth-order valence-electron chi connectivity index (χ4n) is 1.92. The number of methoxy groups -OCH3 is 2. The highest BCUT2D eigenvalue weighted by Crippen LogP contribution is 2.39. The van der Waals surface area contributed by atoms with Gasteiger partial charge in [-0.3, -0.25) is 0 Å². The quantitative estimate of drug-likeness (QED) is 0.703. The van der Waals surface area contributed by atoms with Crippen molar-refractivity contribution in [1.29, 1.82) is 0 Å². The molecular formula is C12H13ClO7. The topological polar surface area (TPSA) is 106 Å². The van der Waals surface area contributed by atoms with E-state index in [0.29, 0.717) is 17.1 Å². The van der Waals surface area contributed by atoms with Crippen molar-refractivity contribution in [3.63, 3.8) is 0 Å². The average molecular weight is 305 g/mol. The van der Waals surface area contributed by atoms with Crippen LogP contribution in [0.4, 0.5) is 0 Å². The van der Waals surface area contributed by atoms with Crippen molar-refractivity contribution >= 4 is 6.08 Å². The molecule has 1 heterocycles. The number of benzene rings is 1. The highest BCUT2D eigenvalue weighted by atomic mass is 35.7. The Morgan fingerprint density at radius 1 is 1.10 bits per heavy atom. The van der Waals surface area contributed by atoms with Crippen molar-refractivity contribution < 1.29 is 42.7 Å². The maximum atomic E-state index is 10.6. The van der Waals surface area contributed by atoms with Gasteiger partial charge in [-0.15, -0.1) is 0 Å². The number of ether oxygens (including phenoxy) is 3. The summed E-state index contributed by atoms with van der Waals surface area (Å²) in [6.45, 7) is 1.69. The van der Waals surface area contributed by atoms with Crippen molar-refractivity contribution in [3.8, 4) is 11.5 Å². The van der Waals surface area contributed by atoms with Crippen LogP contribution in [0.2, 0.25) is 0 Å². The molecule has 0 fully saturated rings. The van der Waals surface area contributed by atoms with E-state index in [-0.39, 0.29) is 5.95 Å². The number of hydrogen-bond donors (Lipinski definition) is 0. The lowest BCUT2D eigenvalue weighted by Gasteiger charge is -2.23. The van der Waals surface area contributed by atoms with Gasteiger partial charge in [0, 0.05) is 11.6 Å². The summed E-state index contributed by atoms with van der Waals surface area (Å²) in [4.78, 5) is 0. The lowest BCUT2D eigenvalue weighted by atomic mass is 10.0. The van der Waals surface area contributed by atoms with E-state index in [0.717, 1.165) is 5.56 Å². The molecule has 1 aliphatic rings. The molecule has 0 aromatic heterocycles. The molecule has 0 saturated carbocycles. The van der Waals surface area contributed by atoms with Crippen molar-refractivity contribution in [3.05, 3.63) is 29.2 Å². The molecule has 7 nitrogen and oxygen atoms in total. The van der Waals surface area contributed by atoms with Gasteiger partial charge >= 0.3 is 5.95 Å². The Kier molecular flexibility index (Phi) is 3.96. The Labute approximate surface area is 117 Å². The van der Waals surface area contributed by atoms with Crippen LogP contribution in [0, 0.1) is 10.2 Å². The zero-order valence-electron chi connectivity index (χ0n) is 11.0. The van der Waals surface area contributed by atoms with Gasteiger partial charge in [-0.05, 0) is 28.9 Å². The zero-order valence-corrected chi connectivity index (χ0v) is 11.8. The predicted molar refractivity (Wildman–Crippen MR) is 58.1 cm³/mol. The first-order chi connectivity index (χ1) is 9.34. The van der Waals surface area contributed by atoms with Crippen molar-refractivity contribution in [2.45, 2.75) is 13.0 Å². The van der Waals surface area contributed by atoms with Gasteiger partial charge in [0.05, 0.1) is 14.2 Å². The van der Waals surface area contributed by atoms with E-state index in [9.17, 15) is 14.0 Å². The molecule has 2 rings (SSSR count). The molecule has 1 aliphatic heterocycles. The predicted octanol–water partition coefficient (Wildman–Crippen LogP) is -0.993. The van der Waals surface area contributed by atoms with Crippen LogP contribution in [0.3, 0.4) is 0 Å². The normalized spacial score (nSPS) is 17.7. The Morgan fingerprint density at radius 2 is 1.70 bits per heavy atom. The highest BCUT2D eigenvalue weighted by molar-refractivity contribution is 5.62. The molecule has 0 N–H and O–H groups in total. The minimum absolute atomic E-state index is 0.381. The Bertz CT molecular complexity index is 535. The van der Waals surface area contributed by atoms with E-state index in [1.165, 1.54) is 20.3 Å². The molecule has 0 spiro atoms. The van der Waals surface area contributed by atoms with E-state index in [4.69, 9.17) is 14.2 Å². The van der Waals surface area contributed by atoms with Gasteiger partial charge in [0.25, 0.3) is 0 Å². The first-order valence-electron chi connectivity index (χ1n) is 5.58. The van der Waals surface area contributed by atoms with Crippen LogP contribution in [0.5, 0.6) is 11.5 Å². The molecule has 0 saturated heterocycles. The fourth-order valence-corrected chi connectivity index (χ4v) is 2.19. The van der Waals surface area contributed by atoms with E-state index in [1.807, 2.05) is 0 Å². The molecule has 1 unspecified atom stereocenters. The molecule has 20 heavy (non-hydrogen) atoms. The first kappa shape index (κ1) is 14.7. The number of fused-ring (bicyclic) bond motifs is 1. The molecule has 8 heteroatoms. The third-order valence-corrected chi connectivity index (χ3v) is 3.11. The summed E-state index contributed by atoms with van der Waals surface area (Å²) in [5, 5.41) is 0. The molecule has 0 radical (unpaired) electrons. The minimum Gasteiger partial charge on any atom is -0.493 e. The lowest BCUT2D eigenvalue weighted by Crippen LogP contribution is -2.60. The van der Waals surface area contributed by atoms with E-state index in [1.54, 1.807) is 19.1 Å². The van der Waals surface area contributed by atoms with Gasteiger partial charge in [0.15, 0.2) is 11.5 Å². The molecule has 0 amide bonds. The number of hydrogen-bond acceptors (Lipinski definition) is 7. The summed E-state index contributed by atoms with van der Waals surface area (Å²) < 4.78 is 51.5. The van der Waals surface area contributed by atoms with E-state index < -0.39 is 16.3 Å². The Morgan fingerprint density at radius 3 is 2.25 bits per heavy atom. The summed E-state index contributed by atoms with van der Waals surface area (Å²) in [5.41, 5.74) is 1.38. The maximum absolute atomic E-state index is 10.6. The monoisotopic (exact) mass is 304 g/mol. The van der Waals surface area contributed by atoms with Crippen molar-refractivity contribution in [2.24, 2.45) is 0 Å². The summed E-state index contributed by atoms with van der Waals surface area (Å²) in [6, 6.07) is 3.36. The van der Waals surface area contributed by atoms with Gasteiger partial charge in [-0.2, -0.15) is 14.0 Å². The van der Waals surface area contributed by atoms with Crippen LogP contribution in [0.1, 0.15) is 24.2 Å². The summed E-state index contributed by atoms with van der Waals surface area (Å²) >= 11 is 0. The van der Waals surface area contributed by atoms with Crippen LogP contribution in [-0.4, -0.2) is 14.2 Å². The maximum Gasteiger partial charge on any atom is 0.444 e. The van der Waals surface area contributed by atoms with Gasteiger partial charge in [0.2, 0.25) is 0 Å².